The first-order valence-electron chi connectivity index (χ1n) is 6.15. The summed E-state index contributed by atoms with van der Waals surface area (Å²) >= 11 is 0. The zero-order valence-corrected chi connectivity index (χ0v) is 11.0. The first-order valence-corrected chi connectivity index (χ1v) is 6.15. The molecule has 0 radical (unpaired) electrons. The second-order valence-corrected chi connectivity index (χ2v) is 4.67. The number of amides is 1. The number of carbonyl (C=O) groups is 1. The molecule has 0 bridgehead atoms. The number of rotatable bonds is 3. The van der Waals surface area contributed by atoms with Crippen LogP contribution in [0.25, 0.3) is 10.9 Å². The molecule has 0 saturated heterocycles. The van der Waals surface area contributed by atoms with Crippen molar-refractivity contribution in [1.29, 1.82) is 0 Å². The second-order valence-electron chi connectivity index (χ2n) is 4.67. The van der Waals surface area contributed by atoms with Crippen LogP contribution in [0.2, 0.25) is 0 Å². The predicted octanol–water partition coefficient (Wildman–Crippen LogP) is 2.01. The van der Waals surface area contributed by atoms with Crippen molar-refractivity contribution in [2.75, 3.05) is 12.8 Å². The number of aromatic amines is 1. The van der Waals surface area contributed by atoms with E-state index in [1.54, 1.807) is 36.6 Å². The Balaban J connectivity index is 1.90. The van der Waals surface area contributed by atoms with Crippen molar-refractivity contribution in [3.05, 3.63) is 48.0 Å². The lowest BCUT2D eigenvalue weighted by molar-refractivity contribution is 0.0781. The van der Waals surface area contributed by atoms with Crippen molar-refractivity contribution in [3.63, 3.8) is 0 Å². The quantitative estimate of drug-likeness (QED) is 0.712. The van der Waals surface area contributed by atoms with Crippen molar-refractivity contribution in [2.24, 2.45) is 0 Å². The van der Waals surface area contributed by atoms with Gasteiger partial charge in [0.05, 0.1) is 18.0 Å². The van der Waals surface area contributed by atoms with Crippen molar-refractivity contribution >= 4 is 22.5 Å². The van der Waals surface area contributed by atoms with E-state index in [0.717, 1.165) is 16.5 Å². The van der Waals surface area contributed by atoms with Crippen LogP contribution in [0, 0.1) is 0 Å². The summed E-state index contributed by atoms with van der Waals surface area (Å²) < 4.78 is 5.00. The molecule has 0 aliphatic carbocycles. The van der Waals surface area contributed by atoms with E-state index in [-0.39, 0.29) is 5.91 Å². The third-order valence-corrected chi connectivity index (χ3v) is 3.14. The molecule has 0 aliphatic rings. The van der Waals surface area contributed by atoms with Gasteiger partial charge in [-0.15, -0.1) is 0 Å². The van der Waals surface area contributed by atoms with Crippen molar-refractivity contribution in [3.8, 4) is 0 Å². The zero-order valence-electron chi connectivity index (χ0n) is 11.0. The summed E-state index contributed by atoms with van der Waals surface area (Å²) in [5, 5.41) is 7.66. The number of nitrogens with two attached hydrogens (primary N) is 1. The Kier molecular flexibility index (Phi) is 2.90. The van der Waals surface area contributed by atoms with E-state index in [2.05, 4.69) is 10.2 Å². The number of carbonyl (C=O) groups excluding carboxylic acids is 1. The molecule has 1 amide bonds. The Morgan fingerprint density at radius 1 is 1.45 bits per heavy atom. The number of benzene rings is 1. The average molecular weight is 270 g/mol. The lowest BCUT2D eigenvalue weighted by atomic mass is 10.1. The molecule has 1 aromatic carbocycles. The van der Waals surface area contributed by atoms with Crippen LogP contribution in [0.5, 0.6) is 0 Å². The summed E-state index contributed by atoms with van der Waals surface area (Å²) in [6.07, 6.45) is 3.20. The molecule has 0 unspecified atom stereocenters. The maximum atomic E-state index is 12.4. The first-order chi connectivity index (χ1) is 9.65. The van der Waals surface area contributed by atoms with Crippen LogP contribution >= 0.6 is 0 Å². The third kappa shape index (κ3) is 2.11. The first kappa shape index (κ1) is 12.3. The highest BCUT2D eigenvalue weighted by atomic mass is 16.3. The van der Waals surface area contributed by atoms with Crippen LogP contribution in [-0.4, -0.2) is 28.1 Å². The van der Waals surface area contributed by atoms with Crippen molar-refractivity contribution in [2.45, 2.75) is 6.54 Å². The molecular weight excluding hydrogens is 256 g/mol. The fourth-order valence-corrected chi connectivity index (χ4v) is 2.10. The van der Waals surface area contributed by atoms with E-state index in [4.69, 9.17) is 10.2 Å². The van der Waals surface area contributed by atoms with Gasteiger partial charge in [-0.2, -0.15) is 5.10 Å². The number of hydrogen-bond donors (Lipinski definition) is 2. The Morgan fingerprint density at radius 3 is 3.05 bits per heavy atom. The largest absolute Gasteiger partial charge is 0.472 e. The van der Waals surface area contributed by atoms with Gasteiger partial charge in [0.15, 0.2) is 5.69 Å². The van der Waals surface area contributed by atoms with Crippen LogP contribution < -0.4 is 5.73 Å². The summed E-state index contributed by atoms with van der Waals surface area (Å²) in [6.45, 7) is 0.464. The Hall–Kier alpha value is -2.76. The van der Waals surface area contributed by atoms with Crippen LogP contribution in [0.4, 0.5) is 5.69 Å². The Labute approximate surface area is 115 Å². The molecule has 2 heterocycles. The summed E-state index contributed by atoms with van der Waals surface area (Å²) in [4.78, 5) is 14.0. The van der Waals surface area contributed by atoms with Gasteiger partial charge < -0.3 is 15.1 Å². The highest BCUT2D eigenvalue weighted by molar-refractivity contribution is 6.05. The smallest absolute Gasteiger partial charge is 0.275 e. The number of fused-ring (bicyclic) bond motifs is 1. The van der Waals surface area contributed by atoms with Gasteiger partial charge in [0.25, 0.3) is 5.91 Å². The molecule has 20 heavy (non-hydrogen) atoms. The lowest BCUT2D eigenvalue weighted by Gasteiger charge is -2.14. The van der Waals surface area contributed by atoms with Crippen molar-refractivity contribution < 1.29 is 9.21 Å². The number of nitrogens with one attached hydrogen (secondary N) is 1. The molecule has 3 aromatic rings. The molecule has 3 N–H and O–H groups in total. The topological polar surface area (TPSA) is 88.2 Å². The molecule has 2 aromatic heterocycles. The van der Waals surface area contributed by atoms with Gasteiger partial charge in [0, 0.05) is 30.2 Å². The minimum absolute atomic E-state index is 0.164. The number of furan rings is 1. The molecule has 0 spiro atoms. The monoisotopic (exact) mass is 270 g/mol. The maximum Gasteiger partial charge on any atom is 0.275 e. The Bertz CT molecular complexity index is 746. The van der Waals surface area contributed by atoms with Crippen LogP contribution in [0.3, 0.4) is 0 Å². The number of aromatic nitrogens is 2. The fourth-order valence-electron chi connectivity index (χ4n) is 2.10. The third-order valence-electron chi connectivity index (χ3n) is 3.14. The molecular formula is C14H14N4O2. The molecule has 0 aliphatic heterocycles. The van der Waals surface area contributed by atoms with Gasteiger partial charge in [-0.25, -0.2) is 0 Å². The summed E-state index contributed by atoms with van der Waals surface area (Å²) in [5.74, 6) is -0.164. The molecule has 6 heteroatoms. The predicted molar refractivity (Wildman–Crippen MR) is 75.0 cm³/mol. The zero-order chi connectivity index (χ0) is 14.1. The van der Waals surface area contributed by atoms with E-state index < -0.39 is 0 Å². The van der Waals surface area contributed by atoms with Gasteiger partial charge in [0.2, 0.25) is 0 Å². The Morgan fingerprint density at radius 2 is 2.30 bits per heavy atom. The van der Waals surface area contributed by atoms with Crippen LogP contribution in [0.15, 0.2) is 41.2 Å². The highest BCUT2D eigenvalue weighted by Gasteiger charge is 2.18. The molecule has 102 valence electrons. The minimum atomic E-state index is -0.164. The van der Waals surface area contributed by atoms with Gasteiger partial charge in [-0.1, -0.05) is 0 Å². The van der Waals surface area contributed by atoms with Gasteiger partial charge in [0.1, 0.15) is 0 Å². The van der Waals surface area contributed by atoms with Crippen LogP contribution in [-0.2, 0) is 6.54 Å². The lowest BCUT2D eigenvalue weighted by Crippen LogP contribution is -2.26. The minimum Gasteiger partial charge on any atom is -0.472 e. The summed E-state index contributed by atoms with van der Waals surface area (Å²) in [7, 11) is 1.72. The summed E-state index contributed by atoms with van der Waals surface area (Å²) in [6, 6.07) is 7.15. The normalized spacial score (nSPS) is 10.8. The standard InChI is InChI=1S/C14H14N4O2/c1-18(7-9-4-5-20-8-9)14(19)13-11-6-10(15)2-3-12(11)16-17-13/h2-6,8H,7,15H2,1H3,(H,16,17). The van der Waals surface area contributed by atoms with Gasteiger partial charge in [-0.05, 0) is 24.3 Å². The number of H-pyrrole nitrogens is 1. The molecule has 0 atom stereocenters. The van der Waals surface area contributed by atoms with E-state index in [1.807, 2.05) is 12.1 Å². The average Bonchev–Trinajstić information content (AvgIpc) is 3.06. The van der Waals surface area contributed by atoms with Gasteiger partial charge >= 0.3 is 0 Å². The van der Waals surface area contributed by atoms with E-state index in [0.29, 0.717) is 17.9 Å². The molecule has 0 saturated carbocycles. The molecule has 3 rings (SSSR count). The summed E-state index contributed by atoms with van der Waals surface area (Å²) in [5.41, 5.74) is 8.46. The highest BCUT2D eigenvalue weighted by Crippen LogP contribution is 2.20. The van der Waals surface area contributed by atoms with E-state index in [9.17, 15) is 4.79 Å². The number of nitrogen functional groups attached to an aromatic ring is 1. The van der Waals surface area contributed by atoms with Gasteiger partial charge in [-0.3, -0.25) is 9.89 Å². The SMILES string of the molecule is CN(Cc1ccoc1)C(=O)c1n[nH]c2ccc(N)cc12. The second kappa shape index (κ2) is 4.73. The maximum absolute atomic E-state index is 12.4. The molecule has 0 fully saturated rings. The fraction of sp³-hybridized carbons (Fsp3) is 0.143. The van der Waals surface area contributed by atoms with Crippen LogP contribution in [0.1, 0.15) is 16.1 Å². The number of hydrogen-bond acceptors (Lipinski definition) is 4. The molecule has 6 nitrogen and oxygen atoms in total. The number of anilines is 1. The van der Waals surface area contributed by atoms with E-state index in [1.165, 1.54) is 0 Å². The van der Waals surface area contributed by atoms with E-state index >= 15 is 0 Å². The van der Waals surface area contributed by atoms with Crippen molar-refractivity contribution in [1.82, 2.24) is 15.1 Å². The number of nitrogens with zero attached hydrogens (tertiary/aromatic N) is 2.